The number of anilines is 3. The molecule has 0 atom stereocenters. The molecule has 0 unspecified atom stereocenters. The number of hydrogen-bond acceptors (Lipinski definition) is 6. The van der Waals surface area contributed by atoms with E-state index in [2.05, 4.69) is 25.3 Å². The first-order valence-corrected chi connectivity index (χ1v) is 7.84. The summed E-state index contributed by atoms with van der Waals surface area (Å²) in [4.78, 5) is 19.3. The average Bonchev–Trinajstić information content (AvgIpc) is 2.56. The van der Waals surface area contributed by atoms with Gasteiger partial charge in [-0.2, -0.15) is 8.78 Å². The number of pyridine rings is 2. The van der Waals surface area contributed by atoms with Gasteiger partial charge in [0.15, 0.2) is 5.75 Å². The topological polar surface area (TPSA) is 85.4 Å². The number of nitrogens with zero attached hydrogens (tertiary/aromatic N) is 2. The Bertz CT molecular complexity index is 794. The standard InChI is InChI=1S/C17H20F2N4O3/c1-5-26-13-9-20-15(23-16(24)25-4)8-12(13)22-11-6-10(2)21-14(7-11)17(3,18)19/h6-9H,5H2,1-4H3,(H2,20,21,22,23,24). The lowest BCUT2D eigenvalue weighted by atomic mass is 10.2. The minimum atomic E-state index is -3.07. The summed E-state index contributed by atoms with van der Waals surface area (Å²) in [6.07, 6.45) is 0.737. The van der Waals surface area contributed by atoms with Crippen LogP contribution in [-0.2, 0) is 10.7 Å². The maximum absolute atomic E-state index is 13.6. The van der Waals surface area contributed by atoms with E-state index >= 15 is 0 Å². The second-order valence-electron chi connectivity index (χ2n) is 5.51. The fourth-order valence-electron chi connectivity index (χ4n) is 2.16. The molecule has 2 rings (SSSR count). The molecule has 26 heavy (non-hydrogen) atoms. The van der Waals surface area contributed by atoms with Crippen LogP contribution in [0.3, 0.4) is 0 Å². The number of aryl methyl sites for hydroxylation is 1. The molecule has 0 aromatic carbocycles. The Morgan fingerprint density at radius 1 is 1.31 bits per heavy atom. The second-order valence-corrected chi connectivity index (χ2v) is 5.51. The zero-order valence-corrected chi connectivity index (χ0v) is 14.9. The first-order chi connectivity index (χ1) is 12.2. The normalized spacial score (nSPS) is 11.0. The number of methoxy groups -OCH3 is 1. The van der Waals surface area contributed by atoms with E-state index in [1.54, 1.807) is 19.9 Å². The predicted octanol–water partition coefficient (Wildman–Crippen LogP) is 4.22. The molecule has 0 radical (unpaired) electrons. The molecule has 0 bridgehead atoms. The van der Waals surface area contributed by atoms with Crippen molar-refractivity contribution >= 4 is 23.3 Å². The van der Waals surface area contributed by atoms with Crippen molar-refractivity contribution in [2.75, 3.05) is 24.4 Å². The number of carbonyl (C=O) groups is 1. The van der Waals surface area contributed by atoms with Gasteiger partial charge < -0.3 is 14.8 Å². The van der Waals surface area contributed by atoms with Crippen molar-refractivity contribution in [1.29, 1.82) is 0 Å². The van der Waals surface area contributed by atoms with Crippen LogP contribution in [-0.4, -0.2) is 29.8 Å². The van der Waals surface area contributed by atoms with Gasteiger partial charge in [-0.05, 0) is 26.0 Å². The van der Waals surface area contributed by atoms with Crippen molar-refractivity contribution < 1.29 is 23.0 Å². The molecule has 2 heterocycles. The quantitative estimate of drug-likeness (QED) is 0.796. The van der Waals surface area contributed by atoms with Crippen molar-refractivity contribution in [2.45, 2.75) is 26.7 Å². The van der Waals surface area contributed by atoms with Crippen molar-refractivity contribution in [1.82, 2.24) is 9.97 Å². The highest BCUT2D eigenvalue weighted by Crippen LogP contribution is 2.32. The molecule has 9 heteroatoms. The third-order valence-corrected chi connectivity index (χ3v) is 3.26. The van der Waals surface area contributed by atoms with E-state index in [1.165, 1.54) is 25.4 Å². The number of amides is 1. The van der Waals surface area contributed by atoms with Crippen LogP contribution < -0.4 is 15.4 Å². The molecule has 0 spiro atoms. The van der Waals surface area contributed by atoms with Crippen LogP contribution in [0.2, 0.25) is 0 Å². The number of hydrogen-bond donors (Lipinski definition) is 2. The molecule has 2 aromatic rings. The monoisotopic (exact) mass is 366 g/mol. The highest BCUT2D eigenvalue weighted by atomic mass is 19.3. The first-order valence-electron chi connectivity index (χ1n) is 7.84. The molecule has 7 nitrogen and oxygen atoms in total. The smallest absolute Gasteiger partial charge is 0.412 e. The molecule has 2 N–H and O–H groups in total. The van der Waals surface area contributed by atoms with E-state index in [9.17, 15) is 13.6 Å². The summed E-state index contributed by atoms with van der Waals surface area (Å²) in [5.74, 6) is -2.45. The van der Waals surface area contributed by atoms with Crippen LogP contribution in [0, 0.1) is 6.92 Å². The van der Waals surface area contributed by atoms with Gasteiger partial charge in [0.2, 0.25) is 0 Å². The lowest BCUT2D eigenvalue weighted by Crippen LogP contribution is -2.13. The fourth-order valence-corrected chi connectivity index (χ4v) is 2.16. The summed E-state index contributed by atoms with van der Waals surface area (Å²) in [5, 5.41) is 5.45. The Morgan fingerprint density at radius 3 is 2.65 bits per heavy atom. The van der Waals surface area contributed by atoms with Crippen LogP contribution in [0.4, 0.5) is 30.8 Å². The number of alkyl halides is 2. The molecule has 0 fully saturated rings. The largest absolute Gasteiger partial charge is 0.490 e. The highest BCUT2D eigenvalue weighted by molar-refractivity contribution is 5.84. The molecular weight excluding hydrogens is 346 g/mol. The van der Waals surface area contributed by atoms with Gasteiger partial charge in [-0.3, -0.25) is 10.3 Å². The molecule has 2 aromatic heterocycles. The highest BCUT2D eigenvalue weighted by Gasteiger charge is 2.27. The molecule has 0 saturated carbocycles. The Kier molecular flexibility index (Phi) is 5.91. The van der Waals surface area contributed by atoms with Gasteiger partial charge >= 0.3 is 6.09 Å². The number of carbonyl (C=O) groups excluding carboxylic acids is 1. The van der Waals surface area contributed by atoms with Gasteiger partial charge in [-0.1, -0.05) is 0 Å². The molecule has 0 aliphatic carbocycles. The van der Waals surface area contributed by atoms with E-state index in [-0.39, 0.29) is 11.5 Å². The van der Waals surface area contributed by atoms with Crippen molar-refractivity contribution in [3.05, 3.63) is 35.8 Å². The van der Waals surface area contributed by atoms with Crippen LogP contribution >= 0.6 is 0 Å². The number of halogens is 2. The number of ether oxygens (including phenoxy) is 2. The lowest BCUT2D eigenvalue weighted by molar-refractivity contribution is 0.0127. The minimum absolute atomic E-state index is 0.217. The summed E-state index contributed by atoms with van der Waals surface area (Å²) in [6.45, 7) is 4.60. The molecular formula is C17H20F2N4O3. The third kappa shape index (κ3) is 5.01. The van der Waals surface area contributed by atoms with Crippen LogP contribution in [0.15, 0.2) is 24.4 Å². The zero-order chi connectivity index (χ0) is 19.3. The van der Waals surface area contributed by atoms with E-state index in [0.717, 1.165) is 6.92 Å². The number of rotatable bonds is 6. The van der Waals surface area contributed by atoms with Gasteiger partial charge in [-0.15, -0.1) is 0 Å². The van der Waals surface area contributed by atoms with Crippen molar-refractivity contribution in [3.8, 4) is 5.75 Å². The third-order valence-electron chi connectivity index (χ3n) is 3.26. The van der Waals surface area contributed by atoms with Gasteiger partial charge in [0.25, 0.3) is 5.92 Å². The summed E-state index contributed by atoms with van der Waals surface area (Å²) in [5.41, 5.74) is 0.945. The van der Waals surface area contributed by atoms with Gasteiger partial charge in [0, 0.05) is 24.4 Å². The van der Waals surface area contributed by atoms with E-state index in [0.29, 0.717) is 29.4 Å². The Morgan fingerprint density at radius 2 is 2.04 bits per heavy atom. The van der Waals surface area contributed by atoms with Gasteiger partial charge in [0.05, 0.1) is 25.6 Å². The summed E-state index contributed by atoms with van der Waals surface area (Å²) in [7, 11) is 1.23. The summed E-state index contributed by atoms with van der Waals surface area (Å²) >= 11 is 0. The van der Waals surface area contributed by atoms with Crippen LogP contribution in [0.5, 0.6) is 5.75 Å². The van der Waals surface area contributed by atoms with Crippen LogP contribution in [0.1, 0.15) is 25.2 Å². The second kappa shape index (κ2) is 7.94. The maximum atomic E-state index is 13.6. The Labute approximate surface area is 149 Å². The molecule has 0 saturated heterocycles. The SMILES string of the molecule is CCOc1cnc(NC(=O)OC)cc1Nc1cc(C)nc(C(C)(F)F)c1. The van der Waals surface area contributed by atoms with E-state index in [1.807, 2.05) is 0 Å². The lowest BCUT2D eigenvalue weighted by Gasteiger charge is -2.16. The van der Waals surface area contributed by atoms with Crippen molar-refractivity contribution in [3.63, 3.8) is 0 Å². The Balaban J connectivity index is 2.38. The average molecular weight is 366 g/mol. The first kappa shape index (κ1) is 19.4. The van der Waals surface area contributed by atoms with Gasteiger partial charge in [-0.25, -0.2) is 9.78 Å². The minimum Gasteiger partial charge on any atom is -0.490 e. The number of aromatic nitrogens is 2. The molecule has 140 valence electrons. The summed E-state index contributed by atoms with van der Waals surface area (Å²) < 4.78 is 37.2. The van der Waals surface area contributed by atoms with E-state index in [4.69, 9.17) is 4.74 Å². The molecule has 0 aliphatic rings. The molecule has 0 aliphatic heterocycles. The summed E-state index contributed by atoms with van der Waals surface area (Å²) in [6, 6.07) is 4.40. The predicted molar refractivity (Wildman–Crippen MR) is 93.3 cm³/mol. The number of nitrogens with one attached hydrogen (secondary N) is 2. The van der Waals surface area contributed by atoms with E-state index < -0.39 is 12.0 Å². The fraction of sp³-hybridized carbons (Fsp3) is 0.353. The maximum Gasteiger partial charge on any atom is 0.412 e. The van der Waals surface area contributed by atoms with Crippen molar-refractivity contribution in [2.24, 2.45) is 0 Å². The van der Waals surface area contributed by atoms with Gasteiger partial charge in [0.1, 0.15) is 11.5 Å². The molecule has 1 amide bonds. The van der Waals surface area contributed by atoms with Crippen LogP contribution in [0.25, 0.3) is 0 Å². The zero-order valence-electron chi connectivity index (χ0n) is 14.9. The Hall–Kier alpha value is -2.97.